The van der Waals surface area contributed by atoms with Crippen LogP contribution in [0.4, 0.5) is 0 Å². The summed E-state index contributed by atoms with van der Waals surface area (Å²) in [6, 6.07) is 1.79. The van der Waals surface area contributed by atoms with E-state index in [9.17, 15) is 0 Å². The van der Waals surface area contributed by atoms with Crippen LogP contribution in [-0.4, -0.2) is 28.8 Å². The number of aryl methyl sites for hydroxylation is 1. The monoisotopic (exact) mass is 261 g/mol. The third-order valence-electron chi connectivity index (χ3n) is 2.96. The van der Waals surface area contributed by atoms with Crippen molar-refractivity contribution in [3.8, 4) is 11.5 Å². The summed E-state index contributed by atoms with van der Waals surface area (Å²) in [7, 11) is 3.26. The molecule has 2 aromatic heterocycles. The SMILES string of the molecule is CCCc1nccn1Cc1nccc(OC)c1OC. The van der Waals surface area contributed by atoms with Crippen LogP contribution in [0.3, 0.4) is 0 Å². The normalized spacial score (nSPS) is 10.5. The zero-order chi connectivity index (χ0) is 13.7. The molecule has 0 atom stereocenters. The number of imidazole rings is 1. The highest BCUT2D eigenvalue weighted by molar-refractivity contribution is 5.42. The molecule has 5 nitrogen and oxygen atoms in total. The first-order valence-electron chi connectivity index (χ1n) is 6.36. The lowest BCUT2D eigenvalue weighted by Gasteiger charge is -2.13. The van der Waals surface area contributed by atoms with E-state index in [4.69, 9.17) is 9.47 Å². The predicted molar refractivity (Wildman–Crippen MR) is 72.7 cm³/mol. The Morgan fingerprint density at radius 2 is 2.00 bits per heavy atom. The van der Waals surface area contributed by atoms with Crippen LogP contribution in [0.15, 0.2) is 24.7 Å². The molecule has 0 saturated heterocycles. The van der Waals surface area contributed by atoms with Gasteiger partial charge in [0.05, 0.1) is 20.8 Å². The number of hydrogen-bond donors (Lipinski definition) is 0. The molecule has 0 bridgehead atoms. The van der Waals surface area contributed by atoms with Crippen molar-refractivity contribution in [1.29, 1.82) is 0 Å². The van der Waals surface area contributed by atoms with Gasteiger partial charge < -0.3 is 14.0 Å². The first kappa shape index (κ1) is 13.4. The van der Waals surface area contributed by atoms with Gasteiger partial charge in [0, 0.05) is 31.1 Å². The van der Waals surface area contributed by atoms with Gasteiger partial charge in [0.1, 0.15) is 11.5 Å². The quantitative estimate of drug-likeness (QED) is 0.800. The Kier molecular flexibility index (Phi) is 4.39. The molecule has 0 spiro atoms. The van der Waals surface area contributed by atoms with E-state index in [1.165, 1.54) is 0 Å². The van der Waals surface area contributed by atoms with Gasteiger partial charge in [0.25, 0.3) is 0 Å². The topological polar surface area (TPSA) is 49.2 Å². The molecule has 2 aromatic rings. The fourth-order valence-electron chi connectivity index (χ4n) is 2.06. The zero-order valence-corrected chi connectivity index (χ0v) is 11.6. The summed E-state index contributed by atoms with van der Waals surface area (Å²) in [6.07, 6.45) is 7.54. The van der Waals surface area contributed by atoms with Gasteiger partial charge in [-0.2, -0.15) is 0 Å². The Hall–Kier alpha value is -2.04. The van der Waals surface area contributed by atoms with Gasteiger partial charge in [0.15, 0.2) is 11.5 Å². The molecule has 0 aliphatic rings. The van der Waals surface area contributed by atoms with Crippen molar-refractivity contribution in [2.24, 2.45) is 0 Å². The molecule has 0 amide bonds. The number of pyridine rings is 1. The standard InChI is InChI=1S/C14H19N3O2/c1-4-5-13-16-8-9-17(13)10-11-14(19-3)12(18-2)6-7-15-11/h6-9H,4-5,10H2,1-3H3. The molecule has 0 aromatic carbocycles. The number of rotatable bonds is 6. The number of methoxy groups -OCH3 is 2. The molecule has 102 valence electrons. The molecule has 2 heterocycles. The first-order valence-corrected chi connectivity index (χ1v) is 6.36. The third-order valence-corrected chi connectivity index (χ3v) is 2.96. The highest BCUT2D eigenvalue weighted by atomic mass is 16.5. The maximum absolute atomic E-state index is 5.39. The van der Waals surface area contributed by atoms with Crippen LogP contribution >= 0.6 is 0 Å². The van der Waals surface area contributed by atoms with Crippen molar-refractivity contribution in [2.75, 3.05) is 14.2 Å². The fourth-order valence-corrected chi connectivity index (χ4v) is 2.06. The van der Waals surface area contributed by atoms with E-state index in [1.807, 2.05) is 12.4 Å². The molecule has 0 N–H and O–H groups in total. The lowest BCUT2D eigenvalue weighted by Crippen LogP contribution is -2.07. The van der Waals surface area contributed by atoms with E-state index in [1.54, 1.807) is 26.5 Å². The average Bonchev–Trinajstić information content (AvgIpc) is 2.86. The lowest BCUT2D eigenvalue weighted by atomic mass is 10.2. The number of hydrogen-bond acceptors (Lipinski definition) is 4. The van der Waals surface area contributed by atoms with Crippen LogP contribution in [0.5, 0.6) is 11.5 Å². The second-order valence-electron chi connectivity index (χ2n) is 4.21. The summed E-state index contributed by atoms with van der Waals surface area (Å²) in [6.45, 7) is 2.78. The number of aromatic nitrogens is 3. The molecule has 0 aliphatic heterocycles. The van der Waals surface area contributed by atoms with E-state index in [-0.39, 0.29) is 0 Å². The molecule has 0 radical (unpaired) electrons. The minimum atomic E-state index is 0.635. The summed E-state index contributed by atoms with van der Waals surface area (Å²) < 4.78 is 12.8. The second kappa shape index (κ2) is 6.22. The zero-order valence-electron chi connectivity index (χ0n) is 11.6. The van der Waals surface area contributed by atoms with E-state index in [0.29, 0.717) is 18.0 Å². The smallest absolute Gasteiger partial charge is 0.184 e. The van der Waals surface area contributed by atoms with Gasteiger partial charge >= 0.3 is 0 Å². The molecule has 0 fully saturated rings. The van der Waals surface area contributed by atoms with Crippen LogP contribution in [-0.2, 0) is 13.0 Å². The summed E-state index contributed by atoms with van der Waals surface area (Å²) in [4.78, 5) is 8.74. The predicted octanol–water partition coefficient (Wildman–Crippen LogP) is 2.30. The largest absolute Gasteiger partial charge is 0.493 e. The van der Waals surface area contributed by atoms with E-state index in [2.05, 4.69) is 21.5 Å². The summed E-state index contributed by atoms with van der Waals surface area (Å²) >= 11 is 0. The second-order valence-corrected chi connectivity index (χ2v) is 4.21. The Balaban J connectivity index is 2.30. The summed E-state index contributed by atoms with van der Waals surface area (Å²) in [5, 5.41) is 0. The Bertz CT molecular complexity index is 537. The first-order chi connectivity index (χ1) is 9.30. The lowest BCUT2D eigenvalue weighted by molar-refractivity contribution is 0.348. The van der Waals surface area contributed by atoms with Crippen molar-refractivity contribution in [3.05, 3.63) is 36.2 Å². The van der Waals surface area contributed by atoms with Gasteiger partial charge in [-0.05, 0) is 6.42 Å². The Morgan fingerprint density at radius 3 is 2.68 bits per heavy atom. The van der Waals surface area contributed by atoms with Crippen LogP contribution in [0, 0.1) is 0 Å². The van der Waals surface area contributed by atoms with E-state index in [0.717, 1.165) is 24.4 Å². The minimum Gasteiger partial charge on any atom is -0.493 e. The van der Waals surface area contributed by atoms with E-state index >= 15 is 0 Å². The van der Waals surface area contributed by atoms with E-state index < -0.39 is 0 Å². The Labute approximate surface area is 113 Å². The highest BCUT2D eigenvalue weighted by Gasteiger charge is 2.12. The van der Waals surface area contributed by atoms with Gasteiger partial charge in [-0.1, -0.05) is 6.92 Å². The van der Waals surface area contributed by atoms with Gasteiger partial charge in [-0.15, -0.1) is 0 Å². The summed E-state index contributed by atoms with van der Waals surface area (Å²) in [5.41, 5.74) is 0.845. The van der Waals surface area contributed by atoms with Crippen molar-refractivity contribution < 1.29 is 9.47 Å². The molecule has 2 rings (SSSR count). The Morgan fingerprint density at radius 1 is 1.16 bits per heavy atom. The maximum Gasteiger partial charge on any atom is 0.184 e. The average molecular weight is 261 g/mol. The maximum atomic E-state index is 5.39. The molecule has 0 aliphatic carbocycles. The molecule has 19 heavy (non-hydrogen) atoms. The number of nitrogens with zero attached hydrogens (tertiary/aromatic N) is 3. The molecule has 0 unspecified atom stereocenters. The fraction of sp³-hybridized carbons (Fsp3) is 0.429. The summed E-state index contributed by atoms with van der Waals surface area (Å²) in [5.74, 6) is 2.44. The van der Waals surface area contributed by atoms with Crippen LogP contribution in [0.1, 0.15) is 24.9 Å². The van der Waals surface area contributed by atoms with Crippen molar-refractivity contribution in [3.63, 3.8) is 0 Å². The highest BCUT2D eigenvalue weighted by Crippen LogP contribution is 2.29. The van der Waals surface area contributed by atoms with Crippen molar-refractivity contribution in [1.82, 2.24) is 14.5 Å². The molecule has 5 heteroatoms. The third kappa shape index (κ3) is 2.86. The minimum absolute atomic E-state index is 0.635. The molecule has 0 saturated carbocycles. The molecular weight excluding hydrogens is 242 g/mol. The van der Waals surface area contributed by atoms with Crippen LogP contribution < -0.4 is 9.47 Å². The number of ether oxygens (including phenoxy) is 2. The molecular formula is C14H19N3O2. The van der Waals surface area contributed by atoms with Crippen molar-refractivity contribution >= 4 is 0 Å². The van der Waals surface area contributed by atoms with Crippen LogP contribution in [0.25, 0.3) is 0 Å². The van der Waals surface area contributed by atoms with Gasteiger partial charge in [0.2, 0.25) is 0 Å². The van der Waals surface area contributed by atoms with Gasteiger partial charge in [-0.25, -0.2) is 4.98 Å². The van der Waals surface area contributed by atoms with Crippen LogP contribution in [0.2, 0.25) is 0 Å². The van der Waals surface area contributed by atoms with Crippen molar-refractivity contribution in [2.45, 2.75) is 26.3 Å². The van der Waals surface area contributed by atoms with Gasteiger partial charge in [-0.3, -0.25) is 4.98 Å².